The van der Waals surface area contributed by atoms with Gasteiger partial charge in [0.15, 0.2) is 0 Å². The van der Waals surface area contributed by atoms with Crippen LogP contribution in [0.5, 0.6) is 11.5 Å². The molecular weight excluding hydrogens is 292 g/mol. The van der Waals surface area contributed by atoms with E-state index in [9.17, 15) is 4.79 Å². The molecular formula is C18H16N2O3. The maximum absolute atomic E-state index is 12.0. The number of carbonyl (C=O) groups excluding carboxylic acids is 1. The minimum absolute atomic E-state index is 0.213. The number of amides is 1. The van der Waals surface area contributed by atoms with Crippen molar-refractivity contribution in [3.63, 3.8) is 0 Å². The minimum Gasteiger partial charge on any atom is -0.497 e. The van der Waals surface area contributed by atoms with Gasteiger partial charge in [0.05, 0.1) is 7.11 Å². The fourth-order valence-corrected chi connectivity index (χ4v) is 2.14. The zero-order chi connectivity index (χ0) is 16.1. The van der Waals surface area contributed by atoms with E-state index in [1.165, 1.54) is 0 Å². The molecule has 0 bridgehead atoms. The highest BCUT2D eigenvalue weighted by atomic mass is 16.5. The number of aliphatic imine (C=N–C) groups is 1. The van der Waals surface area contributed by atoms with Gasteiger partial charge in [0.1, 0.15) is 29.6 Å². The number of hydrogen-bond acceptors (Lipinski definition) is 4. The van der Waals surface area contributed by atoms with Crippen LogP contribution in [0.1, 0.15) is 5.56 Å². The molecule has 0 fully saturated rings. The summed E-state index contributed by atoms with van der Waals surface area (Å²) in [5.41, 5.74) is 1.20. The van der Waals surface area contributed by atoms with Crippen LogP contribution in [-0.4, -0.2) is 25.5 Å². The average Bonchev–Trinajstić information content (AvgIpc) is 2.94. The Morgan fingerprint density at radius 2 is 1.87 bits per heavy atom. The number of hydrogen-bond donors (Lipinski definition) is 1. The predicted octanol–water partition coefficient (Wildman–Crippen LogP) is 2.64. The van der Waals surface area contributed by atoms with Crippen LogP contribution in [0.4, 0.5) is 0 Å². The highest BCUT2D eigenvalue weighted by Crippen LogP contribution is 2.17. The summed E-state index contributed by atoms with van der Waals surface area (Å²) in [6.45, 7) is 0.213. The molecule has 0 radical (unpaired) electrons. The van der Waals surface area contributed by atoms with Gasteiger partial charge < -0.3 is 14.8 Å². The molecule has 0 aromatic heterocycles. The van der Waals surface area contributed by atoms with Gasteiger partial charge in [0.2, 0.25) is 0 Å². The van der Waals surface area contributed by atoms with Crippen molar-refractivity contribution in [3.05, 3.63) is 65.9 Å². The summed E-state index contributed by atoms with van der Waals surface area (Å²) in [5.74, 6) is 1.72. The van der Waals surface area contributed by atoms with Crippen LogP contribution in [0, 0.1) is 0 Å². The van der Waals surface area contributed by atoms with Gasteiger partial charge in [0.25, 0.3) is 5.91 Å². The summed E-state index contributed by atoms with van der Waals surface area (Å²) in [4.78, 5) is 16.3. The Kier molecular flexibility index (Phi) is 4.38. The first-order valence-corrected chi connectivity index (χ1v) is 7.17. The van der Waals surface area contributed by atoms with Crippen molar-refractivity contribution in [3.8, 4) is 11.5 Å². The molecule has 1 heterocycles. The number of para-hydroxylation sites is 1. The first kappa shape index (κ1) is 14.8. The molecule has 1 amide bonds. The molecule has 116 valence electrons. The van der Waals surface area contributed by atoms with Crippen LogP contribution >= 0.6 is 0 Å². The van der Waals surface area contributed by atoms with Crippen LogP contribution in [0.15, 0.2) is 65.3 Å². The largest absolute Gasteiger partial charge is 0.497 e. The Morgan fingerprint density at radius 1 is 1.09 bits per heavy atom. The third-order valence-corrected chi connectivity index (χ3v) is 3.26. The van der Waals surface area contributed by atoms with Crippen molar-refractivity contribution in [2.75, 3.05) is 13.7 Å². The predicted molar refractivity (Wildman–Crippen MR) is 88.5 cm³/mol. The zero-order valence-corrected chi connectivity index (χ0v) is 12.7. The highest BCUT2D eigenvalue weighted by molar-refractivity contribution is 6.14. The summed E-state index contributed by atoms with van der Waals surface area (Å²) < 4.78 is 10.7. The van der Waals surface area contributed by atoms with Gasteiger partial charge in [-0.05, 0) is 35.9 Å². The molecule has 0 saturated carbocycles. The third kappa shape index (κ3) is 3.77. The Morgan fingerprint density at radius 3 is 2.65 bits per heavy atom. The molecule has 0 spiro atoms. The average molecular weight is 308 g/mol. The Bertz CT molecular complexity index is 767. The van der Waals surface area contributed by atoms with Gasteiger partial charge >= 0.3 is 0 Å². The molecule has 1 aliphatic rings. The molecule has 5 nitrogen and oxygen atoms in total. The minimum atomic E-state index is -0.237. The normalized spacial score (nSPS) is 15.3. The summed E-state index contributed by atoms with van der Waals surface area (Å²) in [6.07, 6.45) is 1.72. The Hall–Kier alpha value is -3.08. The molecule has 0 aliphatic carbocycles. The van der Waals surface area contributed by atoms with Gasteiger partial charge in [-0.25, -0.2) is 4.99 Å². The van der Waals surface area contributed by atoms with Crippen molar-refractivity contribution in [1.29, 1.82) is 0 Å². The van der Waals surface area contributed by atoms with Gasteiger partial charge in [0, 0.05) is 0 Å². The Labute approximate surface area is 134 Å². The van der Waals surface area contributed by atoms with E-state index in [1.54, 1.807) is 13.2 Å². The van der Waals surface area contributed by atoms with E-state index in [0.29, 0.717) is 11.5 Å². The first-order valence-electron chi connectivity index (χ1n) is 7.17. The van der Waals surface area contributed by atoms with Crippen molar-refractivity contribution in [1.82, 2.24) is 5.32 Å². The maximum atomic E-state index is 12.0. The highest BCUT2D eigenvalue weighted by Gasteiger charge is 2.20. The SMILES string of the molecule is COc1cccc(/C=C2/N=C(COc3ccccc3)NC2=O)c1. The van der Waals surface area contributed by atoms with Crippen LogP contribution in [0.3, 0.4) is 0 Å². The number of nitrogens with zero attached hydrogens (tertiary/aromatic N) is 1. The van der Waals surface area contributed by atoms with Crippen molar-refractivity contribution in [2.24, 2.45) is 4.99 Å². The van der Waals surface area contributed by atoms with E-state index in [4.69, 9.17) is 9.47 Å². The number of ether oxygens (including phenoxy) is 2. The van der Waals surface area contributed by atoms with E-state index < -0.39 is 0 Å². The van der Waals surface area contributed by atoms with Crippen LogP contribution < -0.4 is 14.8 Å². The summed E-state index contributed by atoms with van der Waals surface area (Å²) in [6, 6.07) is 16.8. The molecule has 23 heavy (non-hydrogen) atoms. The summed E-state index contributed by atoms with van der Waals surface area (Å²) in [5, 5.41) is 2.71. The number of carbonyl (C=O) groups is 1. The second-order valence-electron chi connectivity index (χ2n) is 4.92. The van der Waals surface area contributed by atoms with Gasteiger partial charge in [-0.3, -0.25) is 4.79 Å². The number of amidine groups is 1. The van der Waals surface area contributed by atoms with Crippen molar-refractivity contribution >= 4 is 17.8 Å². The molecule has 2 aromatic rings. The molecule has 1 aliphatic heterocycles. The molecule has 0 saturated heterocycles. The molecule has 2 aromatic carbocycles. The zero-order valence-electron chi connectivity index (χ0n) is 12.7. The lowest BCUT2D eigenvalue weighted by atomic mass is 10.2. The maximum Gasteiger partial charge on any atom is 0.275 e. The molecule has 5 heteroatoms. The van der Waals surface area contributed by atoms with E-state index >= 15 is 0 Å². The topological polar surface area (TPSA) is 59.9 Å². The lowest BCUT2D eigenvalue weighted by Gasteiger charge is -2.04. The monoisotopic (exact) mass is 308 g/mol. The van der Waals surface area contributed by atoms with E-state index in [1.807, 2.05) is 54.6 Å². The number of benzene rings is 2. The van der Waals surface area contributed by atoms with Gasteiger partial charge in [-0.1, -0.05) is 30.3 Å². The van der Waals surface area contributed by atoms with Gasteiger partial charge in [-0.15, -0.1) is 0 Å². The number of rotatable bonds is 5. The summed E-state index contributed by atoms with van der Waals surface area (Å²) >= 11 is 0. The number of methoxy groups -OCH3 is 1. The second kappa shape index (κ2) is 6.79. The third-order valence-electron chi connectivity index (χ3n) is 3.26. The smallest absolute Gasteiger partial charge is 0.275 e. The lowest BCUT2D eigenvalue weighted by molar-refractivity contribution is -0.115. The van der Waals surface area contributed by atoms with Gasteiger partial charge in [-0.2, -0.15) is 0 Å². The number of nitrogens with one attached hydrogen (secondary N) is 1. The molecule has 0 atom stereocenters. The standard InChI is InChI=1S/C18H16N2O3/c1-22-15-9-5-6-13(10-15)11-16-18(21)20-17(19-16)12-23-14-7-3-2-4-8-14/h2-11H,12H2,1H3,(H,19,20,21)/b16-11+. The molecule has 3 rings (SSSR count). The lowest BCUT2D eigenvalue weighted by Crippen LogP contribution is -2.28. The fraction of sp³-hybridized carbons (Fsp3) is 0.111. The van der Waals surface area contributed by atoms with Crippen molar-refractivity contribution < 1.29 is 14.3 Å². The van der Waals surface area contributed by atoms with Crippen LogP contribution in [0.25, 0.3) is 6.08 Å². The van der Waals surface area contributed by atoms with Crippen LogP contribution in [0.2, 0.25) is 0 Å². The quantitative estimate of drug-likeness (QED) is 0.864. The fourth-order valence-electron chi connectivity index (χ4n) is 2.14. The van der Waals surface area contributed by atoms with E-state index in [-0.39, 0.29) is 12.5 Å². The van der Waals surface area contributed by atoms with E-state index in [0.717, 1.165) is 17.1 Å². The molecule has 0 unspecified atom stereocenters. The van der Waals surface area contributed by atoms with E-state index in [2.05, 4.69) is 10.3 Å². The Balaban J connectivity index is 1.71. The second-order valence-corrected chi connectivity index (χ2v) is 4.92. The van der Waals surface area contributed by atoms with Crippen molar-refractivity contribution in [2.45, 2.75) is 0 Å². The molecule has 1 N–H and O–H groups in total. The first-order chi connectivity index (χ1) is 11.2. The van der Waals surface area contributed by atoms with Crippen LogP contribution in [-0.2, 0) is 4.79 Å². The summed E-state index contributed by atoms with van der Waals surface area (Å²) in [7, 11) is 1.60.